The first-order chi connectivity index (χ1) is 12.0. The zero-order chi connectivity index (χ0) is 17.7. The zero-order valence-electron chi connectivity index (χ0n) is 14.0. The summed E-state index contributed by atoms with van der Waals surface area (Å²) in [5.74, 6) is 0.172. The Bertz CT molecular complexity index is 774. The van der Waals surface area contributed by atoms with Gasteiger partial charge < -0.3 is 0 Å². The Hall–Kier alpha value is -1.28. The SMILES string of the molecule is O=S(=O)(CCN1CCN(Cc2ccc(Br)cn2)CC1)c1ccccc1. The maximum absolute atomic E-state index is 12.4. The van der Waals surface area contributed by atoms with Gasteiger partial charge in [-0.15, -0.1) is 0 Å². The van der Waals surface area contributed by atoms with Gasteiger partial charge in [0.15, 0.2) is 9.84 Å². The predicted molar refractivity (Wildman–Crippen MR) is 102 cm³/mol. The summed E-state index contributed by atoms with van der Waals surface area (Å²) in [7, 11) is -3.20. The molecule has 0 amide bonds. The summed E-state index contributed by atoms with van der Waals surface area (Å²) in [5.41, 5.74) is 1.06. The van der Waals surface area contributed by atoms with E-state index < -0.39 is 9.84 Å². The molecule has 1 aromatic carbocycles. The molecule has 1 fully saturated rings. The highest BCUT2D eigenvalue weighted by atomic mass is 79.9. The molecule has 3 rings (SSSR count). The van der Waals surface area contributed by atoms with E-state index in [2.05, 4.69) is 30.7 Å². The molecule has 0 aliphatic carbocycles. The van der Waals surface area contributed by atoms with Crippen LogP contribution in [0.25, 0.3) is 0 Å². The van der Waals surface area contributed by atoms with Gasteiger partial charge in [0, 0.05) is 49.9 Å². The molecule has 0 radical (unpaired) electrons. The lowest BCUT2D eigenvalue weighted by molar-refractivity contribution is 0.131. The van der Waals surface area contributed by atoms with Crippen molar-refractivity contribution in [3.05, 3.63) is 58.8 Å². The third kappa shape index (κ3) is 5.34. The van der Waals surface area contributed by atoms with E-state index in [0.717, 1.165) is 42.9 Å². The molecule has 0 N–H and O–H groups in total. The topological polar surface area (TPSA) is 53.5 Å². The number of hydrogen-bond acceptors (Lipinski definition) is 5. The minimum absolute atomic E-state index is 0.172. The number of rotatable bonds is 6. The summed E-state index contributed by atoms with van der Waals surface area (Å²) < 4.78 is 25.7. The van der Waals surface area contributed by atoms with Crippen LogP contribution in [0, 0.1) is 0 Å². The molecule has 134 valence electrons. The van der Waals surface area contributed by atoms with Gasteiger partial charge >= 0.3 is 0 Å². The number of halogens is 1. The van der Waals surface area contributed by atoms with E-state index in [-0.39, 0.29) is 5.75 Å². The van der Waals surface area contributed by atoms with Crippen LogP contribution in [0.5, 0.6) is 0 Å². The first-order valence-electron chi connectivity index (χ1n) is 8.36. The van der Waals surface area contributed by atoms with Gasteiger partial charge in [-0.1, -0.05) is 18.2 Å². The summed E-state index contributed by atoms with van der Waals surface area (Å²) in [6.45, 7) is 5.07. The van der Waals surface area contributed by atoms with Crippen LogP contribution < -0.4 is 0 Å². The van der Waals surface area contributed by atoms with Gasteiger partial charge in [0.05, 0.1) is 16.3 Å². The zero-order valence-corrected chi connectivity index (χ0v) is 16.4. The normalized spacial score (nSPS) is 16.8. The molecule has 1 aliphatic rings. The number of hydrogen-bond donors (Lipinski definition) is 0. The van der Waals surface area contributed by atoms with E-state index in [1.807, 2.05) is 24.4 Å². The van der Waals surface area contributed by atoms with Crippen LogP contribution in [0.4, 0.5) is 0 Å². The summed E-state index contributed by atoms with van der Waals surface area (Å²) in [5, 5.41) is 0. The maximum Gasteiger partial charge on any atom is 0.179 e. The number of benzene rings is 1. The van der Waals surface area contributed by atoms with Gasteiger partial charge in [0.1, 0.15) is 0 Å². The van der Waals surface area contributed by atoms with Crippen molar-refractivity contribution in [2.45, 2.75) is 11.4 Å². The molecule has 1 saturated heterocycles. The Balaban J connectivity index is 1.46. The van der Waals surface area contributed by atoms with E-state index in [4.69, 9.17) is 0 Å². The second kappa shape index (κ2) is 8.40. The van der Waals surface area contributed by atoms with Crippen LogP contribution >= 0.6 is 15.9 Å². The number of pyridine rings is 1. The molecule has 7 heteroatoms. The van der Waals surface area contributed by atoms with Crippen molar-refractivity contribution in [2.24, 2.45) is 0 Å². The lowest BCUT2D eigenvalue weighted by atomic mass is 10.2. The van der Waals surface area contributed by atoms with Crippen LogP contribution in [0.15, 0.2) is 58.0 Å². The van der Waals surface area contributed by atoms with Crippen molar-refractivity contribution < 1.29 is 8.42 Å². The van der Waals surface area contributed by atoms with Crippen LogP contribution in [0.2, 0.25) is 0 Å². The molecule has 0 bridgehead atoms. The molecule has 0 unspecified atom stereocenters. The third-order valence-corrected chi connectivity index (χ3v) is 6.60. The summed E-state index contributed by atoms with van der Waals surface area (Å²) in [6.07, 6.45) is 1.82. The molecule has 1 aliphatic heterocycles. The Morgan fingerprint density at radius 1 is 0.960 bits per heavy atom. The third-order valence-electron chi connectivity index (χ3n) is 4.42. The van der Waals surface area contributed by atoms with E-state index in [1.54, 1.807) is 24.3 Å². The van der Waals surface area contributed by atoms with Gasteiger partial charge in [-0.05, 0) is 40.2 Å². The summed E-state index contributed by atoms with van der Waals surface area (Å²) >= 11 is 3.40. The molecule has 1 aromatic heterocycles. The number of piperazine rings is 1. The largest absolute Gasteiger partial charge is 0.300 e. The molecule has 0 spiro atoms. The van der Waals surface area contributed by atoms with Crippen molar-refractivity contribution >= 4 is 25.8 Å². The van der Waals surface area contributed by atoms with E-state index in [1.165, 1.54) is 0 Å². The maximum atomic E-state index is 12.4. The molecular formula is C18H22BrN3O2S. The average molecular weight is 424 g/mol. The van der Waals surface area contributed by atoms with Crippen molar-refractivity contribution in [3.8, 4) is 0 Å². The van der Waals surface area contributed by atoms with Gasteiger partial charge in [0.2, 0.25) is 0 Å². The highest BCUT2D eigenvalue weighted by molar-refractivity contribution is 9.10. The fourth-order valence-electron chi connectivity index (χ4n) is 2.90. The molecule has 25 heavy (non-hydrogen) atoms. The predicted octanol–water partition coefficient (Wildman–Crippen LogP) is 2.44. The van der Waals surface area contributed by atoms with Crippen molar-refractivity contribution in [3.63, 3.8) is 0 Å². The molecular weight excluding hydrogens is 402 g/mol. The number of nitrogens with zero attached hydrogens (tertiary/aromatic N) is 3. The van der Waals surface area contributed by atoms with Gasteiger partial charge in [-0.25, -0.2) is 8.42 Å². The standard InChI is InChI=1S/C18H22BrN3O2S/c19-16-6-7-17(20-14-16)15-22-10-8-21(9-11-22)12-13-25(23,24)18-4-2-1-3-5-18/h1-7,14H,8-13,15H2. The minimum atomic E-state index is -3.20. The van der Waals surface area contributed by atoms with Gasteiger partial charge in [-0.3, -0.25) is 14.8 Å². The first kappa shape index (κ1) is 18.5. The number of sulfone groups is 1. The Kier molecular flexibility index (Phi) is 6.22. The summed E-state index contributed by atoms with van der Waals surface area (Å²) in [6, 6.07) is 12.7. The van der Waals surface area contributed by atoms with Crippen LogP contribution in [-0.4, -0.2) is 61.7 Å². The fourth-order valence-corrected chi connectivity index (χ4v) is 4.44. The first-order valence-corrected chi connectivity index (χ1v) is 10.8. The van der Waals surface area contributed by atoms with Gasteiger partial charge in [0.25, 0.3) is 0 Å². The average Bonchev–Trinajstić information content (AvgIpc) is 2.64. The highest BCUT2D eigenvalue weighted by Crippen LogP contribution is 2.13. The van der Waals surface area contributed by atoms with Crippen LogP contribution in [0.3, 0.4) is 0 Å². The van der Waals surface area contributed by atoms with Gasteiger partial charge in [-0.2, -0.15) is 0 Å². The molecule has 0 atom stereocenters. The van der Waals surface area contributed by atoms with Crippen LogP contribution in [0.1, 0.15) is 5.69 Å². The smallest absolute Gasteiger partial charge is 0.179 e. The quantitative estimate of drug-likeness (QED) is 0.713. The molecule has 2 aromatic rings. The van der Waals surface area contributed by atoms with E-state index in [9.17, 15) is 8.42 Å². The molecule has 0 saturated carbocycles. The second-order valence-corrected chi connectivity index (χ2v) is 9.24. The van der Waals surface area contributed by atoms with Crippen molar-refractivity contribution in [1.82, 2.24) is 14.8 Å². The van der Waals surface area contributed by atoms with Crippen LogP contribution in [-0.2, 0) is 16.4 Å². The molecule has 2 heterocycles. The minimum Gasteiger partial charge on any atom is -0.300 e. The highest BCUT2D eigenvalue weighted by Gasteiger charge is 2.20. The van der Waals surface area contributed by atoms with Crippen molar-refractivity contribution in [2.75, 3.05) is 38.5 Å². The fraction of sp³-hybridized carbons (Fsp3) is 0.389. The second-order valence-electron chi connectivity index (χ2n) is 6.22. The Morgan fingerprint density at radius 2 is 1.64 bits per heavy atom. The summed E-state index contributed by atoms with van der Waals surface area (Å²) in [4.78, 5) is 9.41. The lowest BCUT2D eigenvalue weighted by Gasteiger charge is -2.34. The monoisotopic (exact) mass is 423 g/mol. The Labute approximate surface area is 157 Å². The Morgan fingerprint density at radius 3 is 2.28 bits per heavy atom. The van der Waals surface area contributed by atoms with E-state index >= 15 is 0 Å². The number of aromatic nitrogens is 1. The lowest BCUT2D eigenvalue weighted by Crippen LogP contribution is -2.47. The van der Waals surface area contributed by atoms with Crippen molar-refractivity contribution in [1.29, 1.82) is 0 Å². The molecule has 5 nitrogen and oxygen atoms in total. The van der Waals surface area contributed by atoms with E-state index in [0.29, 0.717) is 11.4 Å².